The highest BCUT2D eigenvalue weighted by Crippen LogP contribution is 2.23. The molecule has 20 N–H and O–H groups in total. The lowest BCUT2D eigenvalue weighted by molar-refractivity contribution is -0.145. The highest BCUT2D eigenvalue weighted by Gasteiger charge is 2.43. The number of fused-ring (bicyclic) bond motifs is 1. The minimum atomic E-state index is -2.09. The van der Waals surface area contributed by atoms with Crippen molar-refractivity contribution in [1.82, 2.24) is 73.2 Å². The number of primary amides is 1. The first kappa shape index (κ1) is 91.9. The lowest BCUT2D eigenvalue weighted by atomic mass is 9.99. The first-order chi connectivity index (χ1) is 53.0. The number of amides is 15. The van der Waals surface area contributed by atoms with Crippen molar-refractivity contribution in [3.8, 4) is 11.1 Å². The summed E-state index contributed by atoms with van der Waals surface area (Å²) < 4.78 is 0. The van der Waals surface area contributed by atoms with Crippen LogP contribution >= 0.6 is 11.8 Å². The van der Waals surface area contributed by atoms with Crippen LogP contribution in [0.1, 0.15) is 97.6 Å². The van der Waals surface area contributed by atoms with Gasteiger partial charge < -0.3 is 110 Å². The molecule has 0 aromatic heterocycles. The molecule has 2 aliphatic heterocycles. The Morgan fingerprint density at radius 1 is 0.536 bits per heavy atom. The molecule has 3 aromatic carbocycles. The zero-order valence-electron chi connectivity index (χ0n) is 63.8. The van der Waals surface area contributed by atoms with Gasteiger partial charge >= 0.3 is 5.97 Å². The minimum Gasteiger partial charge on any atom is -0.481 e. The number of carboxylic acids is 1. The van der Waals surface area contributed by atoms with E-state index >= 15 is 0 Å². The Balaban J connectivity index is 1.54. The highest BCUT2D eigenvalue weighted by atomic mass is 32.2. The molecule has 614 valence electrons. The molecule has 2 heterocycles. The Bertz CT molecular complexity index is 3790. The molecule has 38 heteroatoms. The second kappa shape index (κ2) is 45.0. The normalized spacial score (nSPS) is 25.6. The third-order valence-electron chi connectivity index (χ3n) is 18.9. The van der Waals surface area contributed by atoms with Gasteiger partial charge in [-0.2, -0.15) is 0 Å². The molecule has 0 aliphatic carbocycles. The summed E-state index contributed by atoms with van der Waals surface area (Å²) >= 11 is 0.769. The molecule has 2 saturated heterocycles. The Labute approximate surface area is 652 Å². The number of rotatable bonds is 20. The van der Waals surface area contributed by atoms with Gasteiger partial charge in [-0.1, -0.05) is 98.8 Å². The lowest BCUT2D eigenvalue weighted by Crippen LogP contribution is -2.64. The number of thioether (sulfide) groups is 1. The van der Waals surface area contributed by atoms with Gasteiger partial charge in [-0.3, -0.25) is 76.7 Å². The predicted molar refractivity (Wildman–Crippen MR) is 406 cm³/mol. The van der Waals surface area contributed by atoms with E-state index in [1.165, 1.54) is 34.7 Å². The molecule has 112 heavy (non-hydrogen) atoms. The molecule has 15 atom stereocenters. The number of aryl methyl sites for hydroxylation is 1. The number of aliphatic hydroxyl groups is 4. The van der Waals surface area contributed by atoms with Crippen LogP contribution < -0.4 is 70.0 Å². The minimum absolute atomic E-state index is 0.00423. The quantitative estimate of drug-likeness (QED) is 0.0469. The number of nitrogens with two attached hydrogens (primary N) is 2. The average Bonchev–Trinajstić information content (AvgIpc) is 1.52. The van der Waals surface area contributed by atoms with E-state index in [2.05, 4.69) is 58.5 Å². The molecule has 0 bridgehead atoms. The Kier molecular flexibility index (Phi) is 36.9. The van der Waals surface area contributed by atoms with Crippen LogP contribution in [0.5, 0.6) is 0 Å². The summed E-state index contributed by atoms with van der Waals surface area (Å²) in [5.74, 6) is -19.1. The van der Waals surface area contributed by atoms with Crippen molar-refractivity contribution in [2.45, 2.75) is 190 Å². The summed E-state index contributed by atoms with van der Waals surface area (Å²) in [5.41, 5.74) is 14.1. The number of likely N-dealkylation sites (N-methyl/N-ethyl adjacent to an activating group) is 2. The Morgan fingerprint density at radius 3 is 1.57 bits per heavy atom. The van der Waals surface area contributed by atoms with Gasteiger partial charge in [0.05, 0.1) is 44.1 Å². The first-order valence-corrected chi connectivity index (χ1v) is 37.9. The van der Waals surface area contributed by atoms with Gasteiger partial charge in [0.1, 0.15) is 78.5 Å². The van der Waals surface area contributed by atoms with Crippen molar-refractivity contribution in [3.63, 3.8) is 0 Å². The number of unbranched alkanes of at least 4 members (excludes halogenated alkanes) is 1. The highest BCUT2D eigenvalue weighted by molar-refractivity contribution is 8.00. The van der Waals surface area contributed by atoms with E-state index < -0.39 is 229 Å². The summed E-state index contributed by atoms with van der Waals surface area (Å²) in [4.78, 5) is 227. The number of carboxylic acid groups (broad SMARTS) is 1. The first-order valence-electron chi connectivity index (χ1n) is 36.7. The van der Waals surface area contributed by atoms with Gasteiger partial charge in [0.25, 0.3) is 0 Å². The molecular formula is C74H106N16O21S. The number of aliphatic carboxylic acids is 1. The van der Waals surface area contributed by atoms with Crippen LogP contribution in [0.3, 0.4) is 0 Å². The number of aliphatic hydroxyl groups excluding tert-OH is 4. The van der Waals surface area contributed by atoms with Gasteiger partial charge in [-0.25, -0.2) is 0 Å². The van der Waals surface area contributed by atoms with E-state index in [0.29, 0.717) is 17.5 Å². The zero-order chi connectivity index (χ0) is 83.2. The molecule has 5 rings (SSSR count). The number of nitrogens with one attached hydrogen (secondary N) is 11. The fourth-order valence-electron chi connectivity index (χ4n) is 12.1. The van der Waals surface area contributed by atoms with Crippen LogP contribution in [0.2, 0.25) is 0 Å². The monoisotopic (exact) mass is 1590 g/mol. The van der Waals surface area contributed by atoms with Crippen LogP contribution in [-0.4, -0.2) is 284 Å². The van der Waals surface area contributed by atoms with Gasteiger partial charge in [0.2, 0.25) is 88.6 Å². The van der Waals surface area contributed by atoms with E-state index in [4.69, 9.17) is 11.5 Å². The molecule has 15 amide bonds. The number of carbonyl (C=O) groups excluding carboxylic acids is 15. The molecule has 3 aromatic rings. The van der Waals surface area contributed by atoms with Crippen molar-refractivity contribution in [2.75, 3.05) is 58.4 Å². The van der Waals surface area contributed by atoms with Crippen molar-refractivity contribution in [1.29, 1.82) is 0 Å². The van der Waals surface area contributed by atoms with Crippen LogP contribution in [0, 0.1) is 5.92 Å². The molecular weight excluding hydrogens is 1480 g/mol. The Hall–Kier alpha value is -10.7. The summed E-state index contributed by atoms with van der Waals surface area (Å²) in [6.07, 6.45) is -4.36. The fourth-order valence-corrected chi connectivity index (χ4v) is 13.0. The number of hydrogen-bond acceptors (Lipinski definition) is 22. The molecule has 0 radical (unpaired) electrons. The largest absolute Gasteiger partial charge is 0.481 e. The summed E-state index contributed by atoms with van der Waals surface area (Å²) in [7, 11) is 2.38. The van der Waals surface area contributed by atoms with E-state index in [9.17, 15) is 102 Å². The van der Waals surface area contributed by atoms with E-state index in [-0.39, 0.29) is 58.0 Å². The maximum Gasteiger partial charge on any atom is 0.305 e. The summed E-state index contributed by atoms with van der Waals surface area (Å²) in [6, 6.07) is 3.26. The topological polar surface area (TPSA) is 568 Å². The van der Waals surface area contributed by atoms with Gasteiger partial charge in [0.15, 0.2) is 0 Å². The molecule has 2 aliphatic rings. The smallest absolute Gasteiger partial charge is 0.305 e. The molecule has 2 fully saturated rings. The summed E-state index contributed by atoms with van der Waals surface area (Å²) in [6.45, 7) is 4.76. The van der Waals surface area contributed by atoms with Crippen LogP contribution in [0.25, 0.3) is 11.1 Å². The van der Waals surface area contributed by atoms with Crippen molar-refractivity contribution < 1.29 is 102 Å². The van der Waals surface area contributed by atoms with Gasteiger partial charge in [-0.15, -0.1) is 11.8 Å². The molecule has 0 saturated carbocycles. The maximum atomic E-state index is 14.9. The third kappa shape index (κ3) is 27.7. The van der Waals surface area contributed by atoms with E-state index in [1.54, 1.807) is 30.3 Å². The van der Waals surface area contributed by atoms with E-state index in [0.717, 1.165) is 58.5 Å². The van der Waals surface area contributed by atoms with Crippen molar-refractivity contribution in [2.24, 2.45) is 17.4 Å². The second-order valence-corrected chi connectivity index (χ2v) is 28.9. The van der Waals surface area contributed by atoms with E-state index in [1.807, 2.05) is 54.6 Å². The lowest BCUT2D eigenvalue weighted by Gasteiger charge is -2.33. The van der Waals surface area contributed by atoms with Crippen LogP contribution in [0.15, 0.2) is 84.9 Å². The number of benzene rings is 3. The fraction of sp³-hybridized carbons (Fsp3) is 0.541. The number of nitrogens with zero attached hydrogens (tertiary/aromatic N) is 3. The van der Waals surface area contributed by atoms with Crippen molar-refractivity contribution >= 4 is 106 Å². The van der Waals surface area contributed by atoms with Crippen LogP contribution in [-0.2, 0) is 89.6 Å². The molecule has 0 spiro atoms. The van der Waals surface area contributed by atoms with Gasteiger partial charge in [0, 0.05) is 32.8 Å². The third-order valence-corrected chi connectivity index (χ3v) is 20.0. The average molecular weight is 1590 g/mol. The predicted octanol–water partition coefficient (Wildman–Crippen LogP) is -5.58. The SMILES string of the molecule is CC(C)[C@@H]1NC(=O)[C@H](Cc2ccccc2)NC(=O)CSC[C@@H](C(=O)NCC(N)=O)NC(=O)[C@@H]2CCCN2C(=O)[C@H](CO)NC(=O)[C@H](CCCCN)NC(=O)[C@H](C)N(C)C(=O)[C@H](CCc2ccc(-c3ccccc3)cc2)NC(=O)[C@H](C)N(C)C(=O)[C@H](CO)NC(=O)[C@H]([C@@H](C)O)NC(=O)[C@H]([C@@H](C)O)NC(=O)[C@H](CC(=O)O)NC1=O. The number of carbonyl (C=O) groups is 16. The standard InChI is InChI=1S/C74H106N16O21S/c1-39(2)59-69(106)81-51(33-58(97)98)67(104)86-61(43(6)94)71(108)87-60(42(5)93)70(107)83-52(35-91)73(110)89(8)41(4)63(100)80-49(29-26-44-24-27-47(28-25-44)46-20-13-10-14-21-46)72(109)88(7)40(3)62(99)79-48(22-15-16-30-75)65(102)82-53(36-92)74(111)90-31-17-23-55(90)68(105)84-54(64(101)77-34-56(76)95)37-112-38-57(96)78-50(66(103)85-59)32-45-18-11-9-12-19-45/h9-14,18-21,24-25,27-28,39-43,48-55,59-61,91-94H,15-17,22-23,26,29-38,75H2,1-8H3,(H2,76,95)(H,77,101)(H,78,96)(H,79,99)(H,80,100)(H,81,106)(H,82,102)(H,83,107)(H,84,105)(H,85,103)(H,86,104)(H,87,108)(H,97,98)/t40-,41-,42+,43+,48-,49-,50-,51-,52-,53-,54-,55-,59-,60-,61-/m0/s1. The second-order valence-electron chi connectivity index (χ2n) is 27.8. The van der Waals surface area contributed by atoms with Gasteiger partial charge in [-0.05, 0) is 107 Å². The van der Waals surface area contributed by atoms with Crippen LogP contribution in [0.4, 0.5) is 0 Å². The van der Waals surface area contributed by atoms with Crippen molar-refractivity contribution in [3.05, 3.63) is 96.1 Å². The molecule has 37 nitrogen and oxygen atoms in total. The number of hydrogen-bond donors (Lipinski definition) is 18. The summed E-state index contributed by atoms with van der Waals surface area (Å²) in [5, 5.41) is 79.6. The Morgan fingerprint density at radius 2 is 1.02 bits per heavy atom. The maximum absolute atomic E-state index is 14.9. The molecule has 0 unspecified atom stereocenters. The zero-order valence-corrected chi connectivity index (χ0v) is 64.6.